The minimum atomic E-state index is -1.13. The predicted molar refractivity (Wildman–Crippen MR) is 91.7 cm³/mol. The highest BCUT2D eigenvalue weighted by molar-refractivity contribution is 6.07. The molecule has 0 fully saturated rings. The lowest BCUT2D eigenvalue weighted by molar-refractivity contribution is -0.385. The maximum atomic E-state index is 13.3. The van der Waals surface area contributed by atoms with Crippen LogP contribution in [0.25, 0.3) is 0 Å². The second-order valence-corrected chi connectivity index (χ2v) is 5.50. The molecule has 0 radical (unpaired) electrons. The molecular formula is C16H14ClF2N3O4. The van der Waals surface area contributed by atoms with Crippen LogP contribution in [-0.2, 0) is 0 Å². The van der Waals surface area contributed by atoms with E-state index in [2.05, 4.69) is 5.32 Å². The number of nitro groups is 1. The molecule has 3 N–H and O–H groups in total. The molecule has 0 aliphatic carbocycles. The number of fused-ring (bicyclic) bond motifs is 1. The quantitative estimate of drug-likeness (QED) is 0.622. The Morgan fingerprint density at radius 3 is 2.65 bits per heavy atom. The number of nitro benzene ring substituents is 1. The molecule has 0 aromatic heterocycles. The topological polar surface area (TPSA) is 107 Å². The molecule has 0 saturated carbocycles. The summed E-state index contributed by atoms with van der Waals surface area (Å²) >= 11 is 0. The third-order valence-electron chi connectivity index (χ3n) is 3.81. The van der Waals surface area contributed by atoms with E-state index in [-0.39, 0.29) is 41.7 Å². The van der Waals surface area contributed by atoms with E-state index in [1.54, 1.807) is 0 Å². The highest BCUT2D eigenvalue weighted by atomic mass is 35.5. The van der Waals surface area contributed by atoms with Crippen molar-refractivity contribution in [3.05, 3.63) is 63.2 Å². The van der Waals surface area contributed by atoms with Crippen LogP contribution in [0.3, 0.4) is 0 Å². The number of ether oxygens (including phenoxy) is 1. The van der Waals surface area contributed by atoms with E-state index in [9.17, 15) is 23.7 Å². The van der Waals surface area contributed by atoms with Crippen molar-refractivity contribution in [1.29, 1.82) is 0 Å². The Bertz CT molecular complexity index is 879. The zero-order valence-electron chi connectivity index (χ0n) is 13.2. The van der Waals surface area contributed by atoms with Gasteiger partial charge in [0.2, 0.25) is 0 Å². The molecule has 0 bridgehead atoms. The van der Waals surface area contributed by atoms with Gasteiger partial charge >= 0.3 is 0 Å². The van der Waals surface area contributed by atoms with Crippen molar-refractivity contribution < 1.29 is 23.2 Å². The highest BCUT2D eigenvalue weighted by Gasteiger charge is 2.28. The molecule has 26 heavy (non-hydrogen) atoms. The minimum absolute atomic E-state index is 0. The number of nitrogens with zero attached hydrogens (tertiary/aromatic N) is 1. The number of hydrogen-bond donors (Lipinski definition) is 2. The van der Waals surface area contributed by atoms with Gasteiger partial charge in [-0.3, -0.25) is 14.9 Å². The van der Waals surface area contributed by atoms with Crippen molar-refractivity contribution in [3.8, 4) is 5.75 Å². The molecular weight excluding hydrogens is 372 g/mol. The fourth-order valence-corrected chi connectivity index (χ4v) is 2.56. The largest absolute Gasteiger partial charge is 0.492 e. The van der Waals surface area contributed by atoms with Gasteiger partial charge in [0, 0.05) is 41.9 Å². The molecule has 2 aromatic carbocycles. The lowest BCUT2D eigenvalue weighted by Gasteiger charge is -2.24. The van der Waals surface area contributed by atoms with Crippen molar-refractivity contribution in [1.82, 2.24) is 0 Å². The number of benzene rings is 2. The van der Waals surface area contributed by atoms with Gasteiger partial charge in [-0.1, -0.05) is 0 Å². The number of nitrogens with two attached hydrogens (primary N) is 1. The number of hydrogen-bond acceptors (Lipinski definition) is 5. The normalized spacial score (nSPS) is 15.3. The Kier molecular flexibility index (Phi) is 5.73. The Morgan fingerprint density at radius 1 is 1.27 bits per heavy atom. The summed E-state index contributed by atoms with van der Waals surface area (Å²) in [6.07, 6.45) is 0.457. The first kappa shape index (κ1) is 19.5. The molecule has 1 amide bonds. The van der Waals surface area contributed by atoms with Gasteiger partial charge in [-0.2, -0.15) is 0 Å². The van der Waals surface area contributed by atoms with E-state index in [0.717, 1.165) is 18.2 Å². The molecule has 1 aliphatic rings. The van der Waals surface area contributed by atoms with Crippen LogP contribution in [0.2, 0.25) is 0 Å². The Balaban J connectivity index is 0.00000243. The first-order valence-electron chi connectivity index (χ1n) is 7.34. The monoisotopic (exact) mass is 385 g/mol. The summed E-state index contributed by atoms with van der Waals surface area (Å²) in [5, 5.41) is 13.5. The lowest BCUT2D eigenvalue weighted by atomic mass is 9.97. The fourth-order valence-electron chi connectivity index (χ4n) is 2.56. The van der Waals surface area contributed by atoms with Crippen LogP contribution in [0, 0.1) is 21.7 Å². The predicted octanol–water partition coefficient (Wildman–Crippen LogP) is 3.33. The van der Waals surface area contributed by atoms with Crippen molar-refractivity contribution in [2.45, 2.75) is 12.5 Å². The number of rotatable bonds is 3. The van der Waals surface area contributed by atoms with Gasteiger partial charge in [0.05, 0.1) is 17.1 Å². The van der Waals surface area contributed by atoms with Crippen LogP contribution in [0.4, 0.5) is 20.2 Å². The van der Waals surface area contributed by atoms with Crippen molar-refractivity contribution >= 4 is 29.7 Å². The molecule has 1 atom stereocenters. The van der Waals surface area contributed by atoms with Crippen molar-refractivity contribution in [2.75, 3.05) is 11.9 Å². The zero-order chi connectivity index (χ0) is 18.1. The molecule has 1 heterocycles. The lowest BCUT2D eigenvalue weighted by Crippen LogP contribution is -2.24. The summed E-state index contributed by atoms with van der Waals surface area (Å²) in [5.74, 6) is -2.78. The molecule has 1 aliphatic heterocycles. The smallest absolute Gasteiger partial charge is 0.270 e. The first-order chi connectivity index (χ1) is 11.9. The molecule has 0 unspecified atom stereocenters. The molecule has 0 spiro atoms. The average Bonchev–Trinajstić information content (AvgIpc) is 2.57. The van der Waals surface area contributed by atoms with Gasteiger partial charge in [0.1, 0.15) is 5.75 Å². The minimum Gasteiger partial charge on any atom is -0.492 e. The summed E-state index contributed by atoms with van der Waals surface area (Å²) in [6.45, 7) is 0.261. The highest BCUT2D eigenvalue weighted by Crippen LogP contribution is 2.37. The Hall–Kier alpha value is -2.78. The number of anilines is 1. The Morgan fingerprint density at radius 2 is 2.00 bits per heavy atom. The van der Waals surface area contributed by atoms with E-state index in [1.165, 1.54) is 12.1 Å². The van der Waals surface area contributed by atoms with E-state index >= 15 is 0 Å². The molecule has 7 nitrogen and oxygen atoms in total. The van der Waals surface area contributed by atoms with E-state index in [4.69, 9.17) is 10.5 Å². The maximum Gasteiger partial charge on any atom is 0.270 e. The van der Waals surface area contributed by atoms with Gasteiger partial charge in [-0.25, -0.2) is 8.78 Å². The van der Waals surface area contributed by atoms with Crippen molar-refractivity contribution in [2.24, 2.45) is 5.73 Å². The van der Waals surface area contributed by atoms with Crippen LogP contribution in [0.1, 0.15) is 28.4 Å². The van der Waals surface area contributed by atoms with Crippen LogP contribution in [0.5, 0.6) is 5.75 Å². The summed E-state index contributed by atoms with van der Waals surface area (Å²) in [4.78, 5) is 23.0. The standard InChI is InChI=1S/C16H13F2N3O4.ClH/c17-12-2-1-8(5-13(12)18)20-16(22)11-7-9(21(23)24)6-10-14(19)3-4-25-15(10)11;/h1-2,5-7,14H,3-4,19H2,(H,20,22);1H/t14-;/m0./s1. The number of carbonyl (C=O) groups is 1. The third-order valence-corrected chi connectivity index (χ3v) is 3.81. The summed E-state index contributed by atoms with van der Waals surface area (Å²) in [6, 6.07) is 4.68. The molecule has 0 saturated heterocycles. The maximum absolute atomic E-state index is 13.3. The zero-order valence-corrected chi connectivity index (χ0v) is 14.0. The number of carbonyl (C=O) groups excluding carboxylic acids is 1. The number of nitrogens with one attached hydrogen (secondary N) is 1. The number of halogens is 3. The van der Waals surface area contributed by atoms with Gasteiger partial charge in [-0.15, -0.1) is 12.4 Å². The van der Waals surface area contributed by atoms with E-state index in [0.29, 0.717) is 12.0 Å². The summed E-state index contributed by atoms with van der Waals surface area (Å²) in [7, 11) is 0. The van der Waals surface area contributed by atoms with Gasteiger partial charge in [0.25, 0.3) is 11.6 Å². The summed E-state index contributed by atoms with van der Waals surface area (Å²) < 4.78 is 31.7. The summed E-state index contributed by atoms with van der Waals surface area (Å²) in [5.41, 5.74) is 5.91. The second-order valence-electron chi connectivity index (χ2n) is 5.50. The van der Waals surface area contributed by atoms with E-state index < -0.39 is 28.5 Å². The van der Waals surface area contributed by atoms with Gasteiger partial charge in [0.15, 0.2) is 11.6 Å². The SMILES string of the molecule is Cl.N[C@H]1CCOc2c(C(=O)Nc3ccc(F)c(F)c3)cc([N+](=O)[O-])cc21. The van der Waals surface area contributed by atoms with Gasteiger partial charge in [-0.05, 0) is 12.1 Å². The van der Waals surface area contributed by atoms with Crippen molar-refractivity contribution in [3.63, 3.8) is 0 Å². The van der Waals surface area contributed by atoms with E-state index in [1.807, 2.05) is 0 Å². The number of non-ortho nitro benzene ring substituents is 1. The molecule has 2 aromatic rings. The average molecular weight is 386 g/mol. The Labute approximate surface area is 152 Å². The van der Waals surface area contributed by atoms with Crippen LogP contribution >= 0.6 is 12.4 Å². The third kappa shape index (κ3) is 3.73. The molecule has 3 rings (SSSR count). The van der Waals surface area contributed by atoms with Crippen LogP contribution < -0.4 is 15.8 Å². The molecule has 10 heteroatoms. The first-order valence-corrected chi connectivity index (χ1v) is 7.34. The van der Waals surface area contributed by atoms with Gasteiger partial charge < -0.3 is 15.8 Å². The fraction of sp³-hybridized carbons (Fsp3) is 0.188. The second kappa shape index (κ2) is 7.63. The number of amides is 1. The van der Waals surface area contributed by atoms with Crippen LogP contribution in [0.15, 0.2) is 30.3 Å². The molecule has 138 valence electrons. The van der Waals surface area contributed by atoms with Crippen LogP contribution in [-0.4, -0.2) is 17.4 Å².